The van der Waals surface area contributed by atoms with Crippen LogP contribution < -0.4 is 5.73 Å². The Morgan fingerprint density at radius 2 is 1.28 bits per heavy atom. The predicted octanol–water partition coefficient (Wildman–Crippen LogP) is 1.11. The Morgan fingerprint density at radius 1 is 0.889 bits per heavy atom. The molecule has 0 unspecified atom stereocenters. The van der Waals surface area contributed by atoms with Gasteiger partial charge in [-0.25, -0.2) is 0 Å². The van der Waals surface area contributed by atoms with Crippen LogP contribution in [0.15, 0.2) is 0 Å². The van der Waals surface area contributed by atoms with Crippen molar-refractivity contribution in [2.24, 2.45) is 5.73 Å². The van der Waals surface area contributed by atoms with E-state index in [0.29, 0.717) is 6.04 Å². The highest BCUT2D eigenvalue weighted by Gasteiger charge is 2.68. The standard InChI is InChI=1S/C6H13N.C3H8O6P2/c7-6-4-2-1-3-5-6;4-10(5,6)3(1-2-3)11(7,8)9/h6H,1-5,7H2;1-2H2,(H2,4,5,6)(H2,7,8,9). The van der Waals surface area contributed by atoms with E-state index in [1.807, 2.05) is 0 Å². The van der Waals surface area contributed by atoms with Crippen molar-refractivity contribution in [3.05, 3.63) is 0 Å². The van der Waals surface area contributed by atoms with E-state index in [4.69, 9.17) is 25.3 Å². The molecule has 0 aliphatic heterocycles. The maximum Gasteiger partial charge on any atom is 0.343 e. The van der Waals surface area contributed by atoms with Crippen LogP contribution in [0.2, 0.25) is 0 Å². The summed E-state index contributed by atoms with van der Waals surface area (Å²) in [6.07, 6.45) is 6.47. The summed E-state index contributed by atoms with van der Waals surface area (Å²) in [6, 6.07) is 0.536. The van der Waals surface area contributed by atoms with Crippen molar-refractivity contribution in [2.45, 2.75) is 55.9 Å². The summed E-state index contributed by atoms with van der Waals surface area (Å²) in [6.45, 7) is 0. The molecule has 0 aromatic carbocycles. The van der Waals surface area contributed by atoms with Gasteiger partial charge in [-0.3, -0.25) is 9.13 Å². The molecule has 2 rings (SSSR count). The molecule has 0 heterocycles. The van der Waals surface area contributed by atoms with Gasteiger partial charge in [0.2, 0.25) is 0 Å². The normalized spacial score (nSPS) is 24.1. The lowest BCUT2D eigenvalue weighted by Gasteiger charge is -2.17. The molecule has 2 aliphatic rings. The topological polar surface area (TPSA) is 141 Å². The van der Waals surface area contributed by atoms with Crippen LogP contribution in [-0.2, 0) is 9.13 Å². The van der Waals surface area contributed by atoms with E-state index in [9.17, 15) is 9.13 Å². The first kappa shape index (κ1) is 16.3. The monoisotopic (exact) mass is 301 g/mol. The second-order valence-electron chi connectivity index (χ2n) is 4.97. The lowest BCUT2D eigenvalue weighted by atomic mass is 9.97. The molecular weight excluding hydrogens is 280 g/mol. The lowest BCUT2D eigenvalue weighted by molar-refractivity contribution is 0.335. The fourth-order valence-electron chi connectivity index (χ4n) is 2.00. The number of hydrogen-bond acceptors (Lipinski definition) is 3. The predicted molar refractivity (Wildman–Crippen MR) is 67.1 cm³/mol. The van der Waals surface area contributed by atoms with Crippen molar-refractivity contribution >= 4 is 15.2 Å². The van der Waals surface area contributed by atoms with Gasteiger partial charge in [-0.15, -0.1) is 0 Å². The minimum atomic E-state index is -4.64. The van der Waals surface area contributed by atoms with Crippen LogP contribution in [-0.4, -0.2) is 30.5 Å². The molecule has 9 heteroatoms. The maximum absolute atomic E-state index is 10.6. The van der Waals surface area contributed by atoms with Gasteiger partial charge in [-0.2, -0.15) is 0 Å². The summed E-state index contributed by atoms with van der Waals surface area (Å²) < 4.78 is 21.1. The van der Waals surface area contributed by atoms with Gasteiger partial charge in [-0.05, 0) is 25.7 Å². The molecule has 0 saturated heterocycles. The SMILES string of the molecule is NC1CCCCC1.O=P(O)(O)C1(P(=O)(O)O)CC1. The van der Waals surface area contributed by atoms with E-state index in [2.05, 4.69) is 0 Å². The van der Waals surface area contributed by atoms with Crippen LogP contribution in [0.4, 0.5) is 0 Å². The smallest absolute Gasteiger partial charge is 0.328 e. The molecule has 6 N–H and O–H groups in total. The third-order valence-corrected chi connectivity index (χ3v) is 8.06. The van der Waals surface area contributed by atoms with Gasteiger partial charge in [0, 0.05) is 6.04 Å². The highest BCUT2D eigenvalue weighted by molar-refractivity contribution is 7.73. The second kappa shape index (κ2) is 5.71. The molecule has 2 aliphatic carbocycles. The average molecular weight is 301 g/mol. The van der Waals surface area contributed by atoms with Gasteiger partial charge < -0.3 is 25.3 Å². The molecule has 18 heavy (non-hydrogen) atoms. The molecule has 0 bridgehead atoms. The molecule has 0 amide bonds. The third-order valence-electron chi connectivity index (χ3n) is 3.43. The summed E-state index contributed by atoms with van der Waals surface area (Å²) in [4.78, 5) is 32.2. The van der Waals surface area contributed by atoms with Crippen LogP contribution in [0.1, 0.15) is 44.9 Å². The van der Waals surface area contributed by atoms with E-state index in [1.54, 1.807) is 0 Å². The molecule has 0 atom stereocenters. The number of hydrogen-bond donors (Lipinski definition) is 5. The third kappa shape index (κ3) is 3.87. The van der Waals surface area contributed by atoms with Gasteiger partial charge in [0.15, 0.2) is 4.90 Å². The van der Waals surface area contributed by atoms with Gasteiger partial charge in [-0.1, -0.05) is 19.3 Å². The van der Waals surface area contributed by atoms with E-state index in [-0.39, 0.29) is 12.8 Å². The number of rotatable bonds is 2. The quantitative estimate of drug-likeness (QED) is 0.481. The van der Waals surface area contributed by atoms with Crippen molar-refractivity contribution in [2.75, 3.05) is 0 Å². The average Bonchev–Trinajstić information content (AvgIpc) is 2.97. The Morgan fingerprint density at radius 3 is 1.39 bits per heavy atom. The highest BCUT2D eigenvalue weighted by atomic mass is 31.2. The molecule has 2 saturated carbocycles. The van der Waals surface area contributed by atoms with Crippen molar-refractivity contribution in [1.29, 1.82) is 0 Å². The Hall–Kier alpha value is 0.260. The summed E-state index contributed by atoms with van der Waals surface area (Å²) in [5, 5.41) is 0. The van der Waals surface area contributed by atoms with Crippen LogP contribution in [0.3, 0.4) is 0 Å². The van der Waals surface area contributed by atoms with Crippen LogP contribution in [0.25, 0.3) is 0 Å². The Labute approximate surface area is 106 Å². The Bertz CT molecular complexity index is 341. The fourth-order valence-corrected chi connectivity index (χ4v) is 4.74. The molecule has 108 valence electrons. The molecule has 2 fully saturated rings. The van der Waals surface area contributed by atoms with Crippen LogP contribution in [0, 0.1) is 0 Å². The zero-order valence-electron chi connectivity index (χ0n) is 10.1. The van der Waals surface area contributed by atoms with Crippen LogP contribution >= 0.6 is 15.2 Å². The van der Waals surface area contributed by atoms with Gasteiger partial charge in [0.25, 0.3) is 0 Å². The molecule has 0 aromatic heterocycles. The Balaban J connectivity index is 0.000000199. The lowest BCUT2D eigenvalue weighted by Crippen LogP contribution is -2.22. The summed E-state index contributed by atoms with van der Waals surface area (Å²) in [5.74, 6) is 0. The first-order valence-corrected chi connectivity index (χ1v) is 9.19. The maximum atomic E-state index is 10.6. The van der Waals surface area contributed by atoms with Gasteiger partial charge >= 0.3 is 15.2 Å². The minimum Gasteiger partial charge on any atom is -0.328 e. The summed E-state index contributed by atoms with van der Waals surface area (Å²) in [5.41, 5.74) is 5.63. The van der Waals surface area contributed by atoms with Crippen molar-refractivity contribution in [3.8, 4) is 0 Å². The van der Waals surface area contributed by atoms with Crippen molar-refractivity contribution in [3.63, 3.8) is 0 Å². The zero-order valence-corrected chi connectivity index (χ0v) is 11.9. The fraction of sp³-hybridized carbons (Fsp3) is 1.00. The largest absolute Gasteiger partial charge is 0.343 e. The molecule has 0 spiro atoms. The minimum absolute atomic E-state index is 0.0957. The first-order chi connectivity index (χ1) is 8.10. The summed E-state index contributed by atoms with van der Waals surface area (Å²) >= 11 is 0. The molecule has 7 nitrogen and oxygen atoms in total. The van der Waals surface area contributed by atoms with Crippen LogP contribution in [0.5, 0.6) is 0 Å². The molecule has 0 radical (unpaired) electrons. The highest BCUT2D eigenvalue weighted by Crippen LogP contribution is 2.80. The van der Waals surface area contributed by atoms with E-state index in [0.717, 1.165) is 0 Å². The Kier molecular flexibility index (Phi) is 5.18. The van der Waals surface area contributed by atoms with Gasteiger partial charge in [0.1, 0.15) is 0 Å². The van der Waals surface area contributed by atoms with E-state index < -0.39 is 20.1 Å². The zero-order chi connectivity index (χ0) is 14.0. The van der Waals surface area contributed by atoms with E-state index in [1.165, 1.54) is 32.1 Å². The first-order valence-electron chi connectivity index (χ1n) is 5.97. The van der Waals surface area contributed by atoms with E-state index >= 15 is 0 Å². The molecular formula is C9H21NO6P2. The molecule has 0 aromatic rings. The van der Waals surface area contributed by atoms with Crippen molar-refractivity contribution in [1.82, 2.24) is 0 Å². The van der Waals surface area contributed by atoms with Crippen molar-refractivity contribution < 1.29 is 28.7 Å². The van der Waals surface area contributed by atoms with Gasteiger partial charge in [0.05, 0.1) is 0 Å². The summed E-state index contributed by atoms with van der Waals surface area (Å²) in [7, 11) is -9.28. The number of nitrogens with two attached hydrogens (primary N) is 1. The second-order valence-corrected chi connectivity index (χ2v) is 9.21.